The molecule has 0 bridgehead atoms. The average molecular weight is 346 g/mol. The number of sulfone groups is 1. The summed E-state index contributed by atoms with van der Waals surface area (Å²) in [4.78, 5) is 18.3. The highest BCUT2D eigenvalue weighted by atomic mass is 32.2. The van der Waals surface area contributed by atoms with Crippen molar-refractivity contribution >= 4 is 32.7 Å². The molecule has 5 nitrogen and oxygen atoms in total. The van der Waals surface area contributed by atoms with Gasteiger partial charge in [-0.3, -0.25) is 9.78 Å². The molecule has 0 aliphatic carbocycles. The van der Waals surface area contributed by atoms with E-state index in [1.54, 1.807) is 24.1 Å². The second-order valence-corrected chi connectivity index (χ2v) is 8.01. The van der Waals surface area contributed by atoms with E-state index in [9.17, 15) is 13.2 Å². The van der Waals surface area contributed by atoms with Crippen LogP contribution in [0.25, 0.3) is 17.0 Å². The number of aromatic nitrogens is 1. The van der Waals surface area contributed by atoms with Crippen molar-refractivity contribution in [1.82, 2.24) is 9.88 Å². The smallest absolute Gasteiger partial charge is 0.246 e. The quantitative estimate of drug-likeness (QED) is 0.754. The van der Waals surface area contributed by atoms with Crippen molar-refractivity contribution in [3.8, 4) is 0 Å². The van der Waals surface area contributed by atoms with Gasteiger partial charge in [-0.15, -0.1) is 0 Å². The van der Waals surface area contributed by atoms with Gasteiger partial charge >= 0.3 is 0 Å². The van der Waals surface area contributed by atoms with Crippen LogP contribution in [0, 0.1) is 0 Å². The molecule has 0 aliphatic rings. The molecule has 0 N–H and O–H groups in total. The number of hydrogen-bond acceptors (Lipinski definition) is 4. The standard InChI is InChI=1S/C18H22N2O3S/c1-4-20(14(2)13-24(3,22)23)17(21)11-10-16-8-5-7-15-9-6-12-19-18(15)16/h5-12,14H,4,13H2,1-3H3/b11-10-/t14-/m0/s1. The summed E-state index contributed by atoms with van der Waals surface area (Å²) in [5, 5.41) is 1.00. The summed E-state index contributed by atoms with van der Waals surface area (Å²) in [6.45, 7) is 4.04. The topological polar surface area (TPSA) is 67.3 Å². The number of hydrogen-bond donors (Lipinski definition) is 0. The molecule has 128 valence electrons. The molecule has 0 saturated heterocycles. The summed E-state index contributed by atoms with van der Waals surface area (Å²) in [5.74, 6) is -0.252. The minimum absolute atomic E-state index is 0.0454. The van der Waals surface area contributed by atoms with Crippen LogP contribution in [0.2, 0.25) is 0 Å². The van der Waals surface area contributed by atoms with Gasteiger partial charge in [-0.1, -0.05) is 24.3 Å². The third-order valence-corrected chi connectivity index (χ3v) is 4.86. The molecule has 1 aromatic carbocycles. The van der Waals surface area contributed by atoms with Gasteiger partial charge in [0, 0.05) is 42.1 Å². The number of carbonyl (C=O) groups excluding carboxylic acids is 1. The Kier molecular flexibility index (Phi) is 5.72. The molecule has 0 radical (unpaired) electrons. The van der Waals surface area contributed by atoms with Crippen molar-refractivity contribution in [2.45, 2.75) is 19.9 Å². The minimum atomic E-state index is -3.14. The predicted octanol–water partition coefficient (Wildman–Crippen LogP) is 2.53. The molecule has 2 aromatic rings. The number of benzene rings is 1. The first-order valence-electron chi connectivity index (χ1n) is 7.82. The zero-order chi connectivity index (χ0) is 17.7. The van der Waals surface area contributed by atoms with Crippen molar-refractivity contribution in [3.63, 3.8) is 0 Å². The second kappa shape index (κ2) is 7.57. The van der Waals surface area contributed by atoms with Crippen molar-refractivity contribution in [2.75, 3.05) is 18.6 Å². The van der Waals surface area contributed by atoms with Gasteiger partial charge in [-0.25, -0.2) is 8.42 Å². The number of para-hydroxylation sites is 1. The van der Waals surface area contributed by atoms with E-state index >= 15 is 0 Å². The fourth-order valence-corrected chi connectivity index (χ4v) is 3.79. The van der Waals surface area contributed by atoms with Gasteiger partial charge in [0.1, 0.15) is 9.84 Å². The third kappa shape index (κ3) is 4.64. The van der Waals surface area contributed by atoms with Gasteiger partial charge in [0.2, 0.25) is 5.91 Å². The number of nitrogens with zero attached hydrogens (tertiary/aromatic N) is 2. The van der Waals surface area contributed by atoms with Crippen LogP contribution < -0.4 is 0 Å². The van der Waals surface area contributed by atoms with Crippen molar-refractivity contribution in [2.24, 2.45) is 0 Å². The highest BCUT2D eigenvalue weighted by Gasteiger charge is 2.20. The molecule has 0 spiro atoms. The highest BCUT2D eigenvalue weighted by Crippen LogP contribution is 2.17. The molecule has 1 atom stereocenters. The van der Waals surface area contributed by atoms with Crippen LogP contribution in [-0.2, 0) is 14.6 Å². The van der Waals surface area contributed by atoms with E-state index < -0.39 is 9.84 Å². The van der Waals surface area contributed by atoms with E-state index in [0.29, 0.717) is 6.54 Å². The van der Waals surface area contributed by atoms with E-state index in [0.717, 1.165) is 16.5 Å². The maximum Gasteiger partial charge on any atom is 0.246 e. The van der Waals surface area contributed by atoms with Crippen LogP contribution in [0.15, 0.2) is 42.6 Å². The Hall–Kier alpha value is -2.21. The molecule has 24 heavy (non-hydrogen) atoms. The summed E-state index contributed by atoms with van der Waals surface area (Å²) >= 11 is 0. The van der Waals surface area contributed by atoms with Gasteiger partial charge in [-0.05, 0) is 26.0 Å². The molecule has 0 unspecified atom stereocenters. The monoisotopic (exact) mass is 346 g/mol. The number of rotatable bonds is 6. The Morgan fingerprint density at radius 1 is 1.29 bits per heavy atom. The highest BCUT2D eigenvalue weighted by molar-refractivity contribution is 7.90. The molecule has 1 amide bonds. The van der Waals surface area contributed by atoms with Crippen LogP contribution in [0.1, 0.15) is 19.4 Å². The fraction of sp³-hybridized carbons (Fsp3) is 0.333. The number of amides is 1. The zero-order valence-electron chi connectivity index (χ0n) is 14.1. The SMILES string of the molecule is CCN(C(=O)/C=C\c1cccc2cccnc12)[C@@H](C)CS(C)(=O)=O. The molecule has 0 fully saturated rings. The van der Waals surface area contributed by atoms with Gasteiger partial charge in [0.15, 0.2) is 0 Å². The van der Waals surface area contributed by atoms with E-state index in [2.05, 4.69) is 4.98 Å². The van der Waals surface area contributed by atoms with Gasteiger partial charge in [0.25, 0.3) is 0 Å². The van der Waals surface area contributed by atoms with E-state index in [1.807, 2.05) is 37.3 Å². The maximum absolute atomic E-state index is 12.4. The molecule has 0 saturated carbocycles. The summed E-state index contributed by atoms with van der Waals surface area (Å²) in [6, 6.07) is 9.25. The number of fused-ring (bicyclic) bond motifs is 1. The van der Waals surface area contributed by atoms with Crippen LogP contribution in [0.4, 0.5) is 0 Å². The zero-order valence-corrected chi connectivity index (χ0v) is 15.0. The maximum atomic E-state index is 12.4. The molecule has 1 aromatic heterocycles. The lowest BCUT2D eigenvalue weighted by molar-refractivity contribution is -0.127. The predicted molar refractivity (Wildman–Crippen MR) is 97.3 cm³/mol. The molecular weight excluding hydrogens is 324 g/mol. The van der Waals surface area contributed by atoms with Crippen LogP contribution in [0.5, 0.6) is 0 Å². The van der Waals surface area contributed by atoms with Gasteiger partial charge in [-0.2, -0.15) is 0 Å². The largest absolute Gasteiger partial charge is 0.336 e. The molecule has 0 aliphatic heterocycles. The lowest BCUT2D eigenvalue weighted by Crippen LogP contribution is -2.41. The van der Waals surface area contributed by atoms with E-state index in [-0.39, 0.29) is 17.7 Å². The molecule has 6 heteroatoms. The Bertz CT molecular complexity index is 854. The molecule has 1 heterocycles. The van der Waals surface area contributed by atoms with Crippen molar-refractivity contribution in [3.05, 3.63) is 48.2 Å². The molecule has 2 rings (SSSR count). The van der Waals surface area contributed by atoms with Gasteiger partial charge in [0.05, 0.1) is 11.3 Å². The Labute approximate surface area is 142 Å². The summed E-state index contributed by atoms with van der Waals surface area (Å²) in [6.07, 6.45) is 6.10. The average Bonchev–Trinajstić information content (AvgIpc) is 2.51. The van der Waals surface area contributed by atoms with E-state index in [1.165, 1.54) is 12.3 Å². The first kappa shape index (κ1) is 18.1. The first-order chi connectivity index (χ1) is 11.3. The minimum Gasteiger partial charge on any atom is -0.336 e. The Morgan fingerprint density at radius 3 is 2.67 bits per heavy atom. The second-order valence-electron chi connectivity index (χ2n) is 5.82. The number of pyridine rings is 1. The summed E-state index contributed by atoms with van der Waals surface area (Å²) < 4.78 is 22.9. The number of likely N-dealkylation sites (N-methyl/N-ethyl adjacent to an activating group) is 1. The Morgan fingerprint density at radius 2 is 2.00 bits per heavy atom. The lowest BCUT2D eigenvalue weighted by Gasteiger charge is -2.26. The third-order valence-electron chi connectivity index (χ3n) is 3.77. The first-order valence-corrected chi connectivity index (χ1v) is 9.88. The van der Waals surface area contributed by atoms with Crippen LogP contribution >= 0.6 is 0 Å². The normalized spacial score (nSPS) is 13.3. The van der Waals surface area contributed by atoms with Crippen molar-refractivity contribution in [1.29, 1.82) is 0 Å². The van der Waals surface area contributed by atoms with Gasteiger partial charge < -0.3 is 4.90 Å². The van der Waals surface area contributed by atoms with Crippen LogP contribution in [-0.4, -0.2) is 48.8 Å². The summed E-state index contributed by atoms with van der Waals surface area (Å²) in [5.41, 5.74) is 1.68. The van der Waals surface area contributed by atoms with E-state index in [4.69, 9.17) is 0 Å². The van der Waals surface area contributed by atoms with Crippen LogP contribution in [0.3, 0.4) is 0 Å². The summed E-state index contributed by atoms with van der Waals surface area (Å²) in [7, 11) is -3.14. The lowest BCUT2D eigenvalue weighted by atomic mass is 10.1. The number of carbonyl (C=O) groups is 1. The fourth-order valence-electron chi connectivity index (χ4n) is 2.73. The Balaban J connectivity index is 2.21. The molecular formula is C18H22N2O3S. The van der Waals surface area contributed by atoms with Crippen molar-refractivity contribution < 1.29 is 13.2 Å².